The lowest BCUT2D eigenvalue weighted by Gasteiger charge is -2.17. The third kappa shape index (κ3) is 4.64. The monoisotopic (exact) mass is 254 g/mol. The predicted octanol–water partition coefficient (Wildman–Crippen LogP) is 1.29. The molecule has 98 valence electrons. The van der Waals surface area contributed by atoms with Crippen molar-refractivity contribution in [3.05, 3.63) is 18.7 Å². The van der Waals surface area contributed by atoms with E-state index in [1.165, 1.54) is 23.3 Å². The van der Waals surface area contributed by atoms with Gasteiger partial charge in [0.1, 0.15) is 11.9 Å². The Morgan fingerprint density at radius 2 is 2.11 bits per heavy atom. The minimum absolute atomic E-state index is 0.200. The van der Waals surface area contributed by atoms with E-state index in [2.05, 4.69) is 9.98 Å². The van der Waals surface area contributed by atoms with Crippen LogP contribution in [0, 0.1) is 0 Å². The second kappa shape index (κ2) is 5.30. The molecule has 0 spiro atoms. The molecule has 1 rings (SSSR count). The summed E-state index contributed by atoms with van der Waals surface area (Å²) < 4.78 is 6.20. The Hall–Kier alpha value is -2.38. The van der Waals surface area contributed by atoms with Crippen molar-refractivity contribution in [2.75, 3.05) is 0 Å². The summed E-state index contributed by atoms with van der Waals surface area (Å²) in [5.74, 6) is -0.200. The fraction of sp³-hybridized carbons (Fsp3) is 0.400. The highest BCUT2D eigenvalue weighted by atomic mass is 16.6. The molecule has 0 aliphatic heterocycles. The zero-order valence-corrected chi connectivity index (χ0v) is 10.2. The van der Waals surface area contributed by atoms with Crippen LogP contribution in [0.25, 0.3) is 0 Å². The summed E-state index contributed by atoms with van der Waals surface area (Å²) in [5, 5.41) is 10.6. The maximum atomic E-state index is 11.5. The van der Waals surface area contributed by atoms with E-state index in [-0.39, 0.29) is 5.96 Å². The van der Waals surface area contributed by atoms with Crippen molar-refractivity contribution in [2.24, 2.45) is 4.99 Å². The van der Waals surface area contributed by atoms with Crippen molar-refractivity contribution in [1.29, 1.82) is 0 Å². The number of aliphatic imine (C=N–C) groups is 1. The third-order valence-electron chi connectivity index (χ3n) is 1.56. The molecule has 0 radical (unpaired) electrons. The molecule has 2 amide bonds. The van der Waals surface area contributed by atoms with Crippen molar-refractivity contribution in [2.45, 2.75) is 26.4 Å². The number of carbonyl (C=O) groups excluding carboxylic acids is 1. The first kappa shape index (κ1) is 13.7. The van der Waals surface area contributed by atoms with Crippen LogP contribution in [0.15, 0.2) is 23.7 Å². The summed E-state index contributed by atoms with van der Waals surface area (Å²) in [5.41, 5.74) is -0.705. The quantitative estimate of drug-likeness (QED) is 0.536. The maximum absolute atomic E-state index is 11.5. The largest absolute Gasteiger partial charge is 0.465 e. The molecule has 0 saturated carbocycles. The lowest BCUT2D eigenvalue weighted by molar-refractivity contribution is 0.0603. The summed E-state index contributed by atoms with van der Waals surface area (Å²) in [4.78, 5) is 29.3. The van der Waals surface area contributed by atoms with Crippen LogP contribution in [0.1, 0.15) is 20.8 Å². The molecule has 8 nitrogen and oxygen atoms in total. The van der Waals surface area contributed by atoms with Gasteiger partial charge < -0.3 is 9.84 Å². The Morgan fingerprint density at radius 3 is 2.56 bits per heavy atom. The Morgan fingerprint density at radius 1 is 1.44 bits per heavy atom. The predicted molar refractivity (Wildman–Crippen MR) is 62.5 cm³/mol. The number of nitrogens with zero attached hydrogens (tertiary/aromatic N) is 3. The molecule has 1 aromatic heterocycles. The molecule has 0 bridgehead atoms. The molecule has 8 heteroatoms. The minimum atomic E-state index is -1.34. The highest BCUT2D eigenvalue weighted by Gasteiger charge is 2.17. The molecular formula is C10H14N4O4. The first-order valence-electron chi connectivity index (χ1n) is 5.08. The van der Waals surface area contributed by atoms with Crippen LogP contribution in [-0.2, 0) is 4.74 Å². The number of hydrogen-bond acceptors (Lipinski definition) is 4. The maximum Gasteiger partial charge on any atom is 0.437 e. The van der Waals surface area contributed by atoms with E-state index < -0.39 is 17.8 Å². The second-order valence-electron chi connectivity index (χ2n) is 4.32. The lowest BCUT2D eigenvalue weighted by atomic mass is 10.2. The SMILES string of the molecule is CC(C)(C)OC(=O)/N=C(\NC(=O)O)n1ccnc1. The minimum Gasteiger partial charge on any atom is -0.465 e. The molecular weight excluding hydrogens is 240 g/mol. The van der Waals surface area contributed by atoms with Gasteiger partial charge in [0.2, 0.25) is 5.96 Å². The average molecular weight is 254 g/mol. The van der Waals surface area contributed by atoms with Gasteiger partial charge in [-0.15, -0.1) is 4.99 Å². The zero-order valence-electron chi connectivity index (χ0n) is 10.2. The number of hydrogen-bond donors (Lipinski definition) is 2. The molecule has 0 atom stereocenters. The van der Waals surface area contributed by atoms with E-state index in [4.69, 9.17) is 9.84 Å². The van der Waals surface area contributed by atoms with Crippen molar-refractivity contribution >= 4 is 18.1 Å². The molecule has 0 fully saturated rings. The van der Waals surface area contributed by atoms with E-state index in [0.717, 1.165) is 0 Å². The lowest BCUT2D eigenvalue weighted by Crippen LogP contribution is -2.35. The Bertz CT molecular complexity index is 459. The van der Waals surface area contributed by atoms with Crippen LogP contribution in [0.2, 0.25) is 0 Å². The summed E-state index contributed by atoms with van der Waals surface area (Å²) in [7, 11) is 0. The van der Waals surface area contributed by atoms with Gasteiger partial charge in [-0.25, -0.2) is 14.6 Å². The first-order valence-corrected chi connectivity index (χ1v) is 5.08. The molecule has 18 heavy (non-hydrogen) atoms. The highest BCUT2D eigenvalue weighted by Crippen LogP contribution is 2.08. The number of amides is 2. The Balaban J connectivity index is 2.90. The second-order valence-corrected chi connectivity index (χ2v) is 4.32. The first-order chi connectivity index (χ1) is 8.28. The normalized spacial score (nSPS) is 12.1. The fourth-order valence-corrected chi connectivity index (χ4v) is 1.00. The number of carboxylic acid groups (broad SMARTS) is 1. The summed E-state index contributed by atoms with van der Waals surface area (Å²) in [6, 6.07) is 0. The van der Waals surface area contributed by atoms with E-state index in [0.29, 0.717) is 0 Å². The van der Waals surface area contributed by atoms with Gasteiger partial charge in [0.25, 0.3) is 0 Å². The van der Waals surface area contributed by atoms with E-state index in [1.807, 2.05) is 5.32 Å². The van der Waals surface area contributed by atoms with Gasteiger partial charge in [-0.2, -0.15) is 0 Å². The summed E-state index contributed by atoms with van der Waals surface area (Å²) in [6.45, 7) is 5.05. The van der Waals surface area contributed by atoms with Crippen LogP contribution < -0.4 is 5.32 Å². The number of nitrogens with one attached hydrogen (secondary N) is 1. The molecule has 0 aliphatic carbocycles. The number of imidazole rings is 1. The van der Waals surface area contributed by atoms with Crippen molar-refractivity contribution < 1.29 is 19.4 Å². The van der Waals surface area contributed by atoms with Gasteiger partial charge in [0.15, 0.2) is 0 Å². The van der Waals surface area contributed by atoms with Crippen molar-refractivity contribution in [3.63, 3.8) is 0 Å². The third-order valence-corrected chi connectivity index (χ3v) is 1.56. The van der Waals surface area contributed by atoms with Crippen LogP contribution in [0.4, 0.5) is 9.59 Å². The molecule has 0 unspecified atom stereocenters. The number of carbonyl (C=O) groups is 2. The molecule has 1 aromatic rings. The number of ether oxygens (including phenoxy) is 1. The smallest absolute Gasteiger partial charge is 0.437 e. The van der Waals surface area contributed by atoms with Gasteiger partial charge in [0, 0.05) is 12.4 Å². The molecule has 1 heterocycles. The van der Waals surface area contributed by atoms with E-state index >= 15 is 0 Å². The van der Waals surface area contributed by atoms with Crippen molar-refractivity contribution in [1.82, 2.24) is 14.9 Å². The van der Waals surface area contributed by atoms with Gasteiger partial charge in [-0.1, -0.05) is 0 Å². The van der Waals surface area contributed by atoms with Gasteiger partial charge in [0.05, 0.1) is 0 Å². The standard InChI is InChI=1S/C10H14N4O4/c1-10(2,3)18-9(17)13-7(12-8(15)16)14-5-4-11-6-14/h4-6H,1-3H3,(H,15,16)(H,12,13,17). The zero-order chi connectivity index (χ0) is 13.8. The topological polar surface area (TPSA) is 106 Å². The average Bonchev–Trinajstić information content (AvgIpc) is 2.64. The van der Waals surface area contributed by atoms with E-state index in [9.17, 15) is 9.59 Å². The highest BCUT2D eigenvalue weighted by molar-refractivity contribution is 5.99. The summed E-state index contributed by atoms with van der Waals surface area (Å²) in [6.07, 6.45) is 1.94. The Labute approximate surface area is 103 Å². The van der Waals surface area contributed by atoms with Crippen molar-refractivity contribution in [3.8, 4) is 0 Å². The van der Waals surface area contributed by atoms with Crippen LogP contribution in [-0.4, -0.2) is 38.4 Å². The van der Waals surface area contributed by atoms with Gasteiger partial charge >= 0.3 is 12.2 Å². The molecule has 2 N–H and O–H groups in total. The van der Waals surface area contributed by atoms with Crippen LogP contribution in [0.3, 0.4) is 0 Å². The van der Waals surface area contributed by atoms with Gasteiger partial charge in [-0.3, -0.25) is 9.88 Å². The fourth-order valence-electron chi connectivity index (χ4n) is 1.00. The number of rotatable bonds is 0. The van der Waals surface area contributed by atoms with E-state index in [1.54, 1.807) is 20.8 Å². The van der Waals surface area contributed by atoms with Crippen LogP contribution >= 0.6 is 0 Å². The van der Waals surface area contributed by atoms with Crippen LogP contribution in [0.5, 0.6) is 0 Å². The number of aromatic nitrogens is 2. The summed E-state index contributed by atoms with van der Waals surface area (Å²) >= 11 is 0. The molecule has 0 saturated heterocycles. The Kier molecular flexibility index (Phi) is 4.03. The van der Waals surface area contributed by atoms with Gasteiger partial charge in [-0.05, 0) is 20.8 Å². The molecule has 0 aliphatic rings. The molecule has 0 aromatic carbocycles.